The number of aryl methyl sites for hydroxylation is 2. The molecule has 0 spiro atoms. The van der Waals surface area contributed by atoms with Crippen LogP contribution in [0.2, 0.25) is 0 Å². The van der Waals surface area contributed by atoms with Crippen LogP contribution in [-0.4, -0.2) is 39.5 Å². The molecule has 0 bridgehead atoms. The average Bonchev–Trinajstić information content (AvgIpc) is 2.89. The molecule has 0 radical (unpaired) electrons. The summed E-state index contributed by atoms with van der Waals surface area (Å²) in [4.78, 5) is 12.1. The van der Waals surface area contributed by atoms with Gasteiger partial charge in [0, 0.05) is 19.3 Å². The number of nitrogens with zero attached hydrogens (tertiary/aromatic N) is 4. The van der Waals surface area contributed by atoms with E-state index in [-0.39, 0.29) is 12.2 Å². The number of hydrogen-bond donors (Lipinski definition) is 1. The number of aromatic nitrogens is 2. The topological polar surface area (TPSA) is 84.4 Å². The van der Waals surface area contributed by atoms with Gasteiger partial charge in [-0.15, -0.1) is 0 Å². The van der Waals surface area contributed by atoms with E-state index in [0.717, 1.165) is 16.8 Å². The molecular formula is C15H20N4O3. The van der Waals surface area contributed by atoms with Gasteiger partial charge in [-0.05, 0) is 31.0 Å². The maximum Gasteiger partial charge on any atom is 0.306 e. The number of anilines is 1. The Kier molecular flexibility index (Phi) is 4.77. The van der Waals surface area contributed by atoms with E-state index in [9.17, 15) is 15.2 Å². The number of nitro groups is 1. The predicted octanol–water partition coefficient (Wildman–Crippen LogP) is 1.91. The van der Waals surface area contributed by atoms with E-state index in [2.05, 4.69) is 11.2 Å². The van der Waals surface area contributed by atoms with Gasteiger partial charge in [0.25, 0.3) is 0 Å². The van der Waals surface area contributed by atoms with Crippen LogP contribution >= 0.6 is 0 Å². The lowest BCUT2D eigenvalue weighted by molar-refractivity contribution is -0.385. The van der Waals surface area contributed by atoms with Crippen LogP contribution in [0.25, 0.3) is 0 Å². The van der Waals surface area contributed by atoms with Gasteiger partial charge in [-0.25, -0.2) is 0 Å². The molecule has 1 N–H and O–H groups in total. The van der Waals surface area contributed by atoms with E-state index in [1.165, 1.54) is 17.1 Å². The number of rotatable bonds is 6. The molecule has 1 unspecified atom stereocenters. The summed E-state index contributed by atoms with van der Waals surface area (Å²) in [7, 11) is 1.91. The standard InChI is InChI=1S/C15H20N4O3/c1-11-4-5-12(2)15(6-11)17(3)9-14(20)10-18-8-13(7-16-18)19(21)22/h4-8,14,20H,9-10H2,1-3H3. The van der Waals surface area contributed by atoms with Crippen LogP contribution < -0.4 is 4.90 Å². The smallest absolute Gasteiger partial charge is 0.306 e. The third-order valence-corrected chi connectivity index (χ3v) is 3.49. The summed E-state index contributed by atoms with van der Waals surface area (Å²) in [5.74, 6) is 0. The Bertz CT molecular complexity index is 669. The van der Waals surface area contributed by atoms with E-state index >= 15 is 0 Å². The first kappa shape index (κ1) is 16.0. The van der Waals surface area contributed by atoms with Gasteiger partial charge in [-0.2, -0.15) is 5.10 Å². The summed E-state index contributed by atoms with van der Waals surface area (Å²) in [6.45, 7) is 4.67. The lowest BCUT2D eigenvalue weighted by atomic mass is 10.1. The van der Waals surface area contributed by atoms with Crippen molar-refractivity contribution in [1.82, 2.24) is 9.78 Å². The molecule has 1 atom stereocenters. The quantitative estimate of drug-likeness (QED) is 0.651. The zero-order valence-electron chi connectivity index (χ0n) is 12.9. The van der Waals surface area contributed by atoms with Crippen LogP contribution in [0.15, 0.2) is 30.6 Å². The lowest BCUT2D eigenvalue weighted by Crippen LogP contribution is -2.32. The summed E-state index contributed by atoms with van der Waals surface area (Å²) in [6, 6.07) is 6.16. The van der Waals surface area contributed by atoms with Gasteiger partial charge in [0.2, 0.25) is 0 Å². The Balaban J connectivity index is 2.00. The summed E-state index contributed by atoms with van der Waals surface area (Å²) >= 11 is 0. The first-order valence-corrected chi connectivity index (χ1v) is 7.00. The van der Waals surface area contributed by atoms with Crippen molar-refractivity contribution in [1.29, 1.82) is 0 Å². The van der Waals surface area contributed by atoms with Crippen molar-refractivity contribution in [2.45, 2.75) is 26.5 Å². The summed E-state index contributed by atoms with van der Waals surface area (Å²) in [6.07, 6.45) is 1.83. The lowest BCUT2D eigenvalue weighted by Gasteiger charge is -2.24. The van der Waals surface area contributed by atoms with E-state index < -0.39 is 11.0 Å². The van der Waals surface area contributed by atoms with Gasteiger partial charge in [0.15, 0.2) is 0 Å². The fourth-order valence-corrected chi connectivity index (χ4v) is 2.37. The molecule has 1 aromatic heterocycles. The molecule has 0 amide bonds. The third-order valence-electron chi connectivity index (χ3n) is 3.49. The molecule has 7 nitrogen and oxygen atoms in total. The number of likely N-dealkylation sites (N-methyl/N-ethyl adjacent to an activating group) is 1. The molecule has 0 aliphatic heterocycles. The summed E-state index contributed by atoms with van der Waals surface area (Å²) < 4.78 is 1.39. The molecule has 0 fully saturated rings. The minimum atomic E-state index is -0.676. The first-order chi connectivity index (χ1) is 10.4. The highest BCUT2D eigenvalue weighted by atomic mass is 16.6. The van der Waals surface area contributed by atoms with Gasteiger partial charge in [0.05, 0.1) is 17.6 Å². The van der Waals surface area contributed by atoms with E-state index in [1.54, 1.807) is 0 Å². The van der Waals surface area contributed by atoms with Crippen LogP contribution in [0.4, 0.5) is 11.4 Å². The highest BCUT2D eigenvalue weighted by Gasteiger charge is 2.14. The molecule has 0 aliphatic rings. The van der Waals surface area contributed by atoms with Crippen molar-refractivity contribution in [3.8, 4) is 0 Å². The molecule has 1 heterocycles. The zero-order chi connectivity index (χ0) is 16.3. The first-order valence-electron chi connectivity index (χ1n) is 7.00. The molecule has 1 aromatic carbocycles. The third kappa shape index (κ3) is 3.82. The Hall–Kier alpha value is -2.41. The molecule has 118 valence electrons. The maximum atomic E-state index is 10.6. The van der Waals surface area contributed by atoms with Crippen LogP contribution in [-0.2, 0) is 6.54 Å². The molecule has 0 saturated carbocycles. The Morgan fingerprint density at radius 1 is 1.45 bits per heavy atom. The fourth-order valence-electron chi connectivity index (χ4n) is 2.37. The Morgan fingerprint density at radius 3 is 2.82 bits per heavy atom. The zero-order valence-corrected chi connectivity index (χ0v) is 12.9. The summed E-state index contributed by atoms with van der Waals surface area (Å²) in [5.41, 5.74) is 3.28. The van der Waals surface area contributed by atoms with Crippen LogP contribution in [0, 0.1) is 24.0 Å². The molecule has 0 saturated heterocycles. The average molecular weight is 304 g/mol. The van der Waals surface area contributed by atoms with Gasteiger partial charge in [0.1, 0.15) is 12.4 Å². The second-order valence-corrected chi connectivity index (χ2v) is 5.50. The largest absolute Gasteiger partial charge is 0.389 e. The van der Waals surface area contributed by atoms with Crippen molar-refractivity contribution in [3.63, 3.8) is 0 Å². The Morgan fingerprint density at radius 2 is 2.18 bits per heavy atom. The Labute approximate surface area is 128 Å². The molecule has 22 heavy (non-hydrogen) atoms. The normalized spacial score (nSPS) is 12.2. The minimum Gasteiger partial charge on any atom is -0.389 e. The van der Waals surface area contributed by atoms with Gasteiger partial charge in [-0.1, -0.05) is 12.1 Å². The van der Waals surface area contributed by atoms with Gasteiger partial charge >= 0.3 is 5.69 Å². The van der Waals surface area contributed by atoms with E-state index in [1.807, 2.05) is 37.9 Å². The number of benzene rings is 1. The van der Waals surface area contributed by atoms with Crippen molar-refractivity contribution < 1.29 is 10.0 Å². The maximum absolute atomic E-state index is 10.6. The van der Waals surface area contributed by atoms with Crippen molar-refractivity contribution >= 4 is 11.4 Å². The molecule has 2 aromatic rings. The highest BCUT2D eigenvalue weighted by Crippen LogP contribution is 2.20. The minimum absolute atomic E-state index is 0.0740. The number of aliphatic hydroxyl groups is 1. The van der Waals surface area contributed by atoms with Crippen molar-refractivity contribution in [2.75, 3.05) is 18.5 Å². The summed E-state index contributed by atoms with van der Waals surface area (Å²) in [5, 5.41) is 24.7. The van der Waals surface area contributed by atoms with Crippen LogP contribution in [0.1, 0.15) is 11.1 Å². The van der Waals surface area contributed by atoms with Crippen LogP contribution in [0.3, 0.4) is 0 Å². The molecule has 0 aliphatic carbocycles. The van der Waals surface area contributed by atoms with E-state index in [4.69, 9.17) is 0 Å². The number of aliphatic hydroxyl groups excluding tert-OH is 1. The molecular weight excluding hydrogens is 284 g/mol. The van der Waals surface area contributed by atoms with Gasteiger partial charge < -0.3 is 10.0 Å². The predicted molar refractivity (Wildman–Crippen MR) is 84.1 cm³/mol. The SMILES string of the molecule is Cc1ccc(C)c(N(C)CC(O)Cn2cc([N+](=O)[O-])cn2)c1. The number of hydrogen-bond acceptors (Lipinski definition) is 5. The van der Waals surface area contributed by atoms with Crippen molar-refractivity contribution in [2.24, 2.45) is 0 Å². The molecule has 7 heteroatoms. The fraction of sp³-hybridized carbons (Fsp3) is 0.400. The second kappa shape index (κ2) is 6.57. The van der Waals surface area contributed by atoms with Gasteiger partial charge in [-0.3, -0.25) is 14.8 Å². The second-order valence-electron chi connectivity index (χ2n) is 5.50. The van der Waals surface area contributed by atoms with Crippen LogP contribution in [0.5, 0.6) is 0 Å². The van der Waals surface area contributed by atoms with E-state index in [0.29, 0.717) is 6.54 Å². The van der Waals surface area contributed by atoms with Crippen molar-refractivity contribution in [3.05, 3.63) is 51.8 Å². The molecule has 2 rings (SSSR count). The monoisotopic (exact) mass is 304 g/mol. The highest BCUT2D eigenvalue weighted by molar-refractivity contribution is 5.54.